The van der Waals surface area contributed by atoms with E-state index in [1.807, 2.05) is 27.7 Å². The Morgan fingerprint density at radius 3 is 2.48 bits per heavy atom. The third-order valence-electron chi connectivity index (χ3n) is 2.53. The van der Waals surface area contributed by atoms with Gasteiger partial charge in [0.2, 0.25) is 0 Å². The van der Waals surface area contributed by atoms with E-state index in [2.05, 4.69) is 16.6 Å². The van der Waals surface area contributed by atoms with Crippen LogP contribution in [0.2, 0.25) is 0 Å². The average molecular weight is 302 g/mol. The Morgan fingerprint density at radius 2 is 1.95 bits per heavy atom. The predicted octanol–water partition coefficient (Wildman–Crippen LogP) is 1.94. The van der Waals surface area contributed by atoms with Crippen molar-refractivity contribution in [1.29, 1.82) is 0 Å². The molecule has 0 heterocycles. The van der Waals surface area contributed by atoms with Crippen LogP contribution >= 0.6 is 0 Å². The smallest absolute Gasteiger partial charge is 0.407 e. The lowest BCUT2D eigenvalue weighted by Crippen LogP contribution is -2.37. The summed E-state index contributed by atoms with van der Waals surface area (Å²) < 4.78 is 14.5. The van der Waals surface area contributed by atoms with Crippen molar-refractivity contribution in [3.05, 3.63) is 12.2 Å². The Labute approximate surface area is 126 Å². The molecule has 1 amide bonds. The van der Waals surface area contributed by atoms with Crippen LogP contribution in [-0.2, 0) is 14.3 Å². The van der Waals surface area contributed by atoms with Crippen LogP contribution in [0, 0.1) is 0 Å². The number of nitrogens with one attached hydrogen (secondary N) is 1. The highest BCUT2D eigenvalue weighted by molar-refractivity contribution is 5.86. The molecule has 0 saturated heterocycles. The zero-order valence-corrected chi connectivity index (χ0v) is 13.7. The summed E-state index contributed by atoms with van der Waals surface area (Å²) in [6, 6.07) is 0. The number of esters is 1. The highest BCUT2D eigenvalue weighted by Gasteiger charge is 2.24. The molecule has 0 bridgehead atoms. The second kappa shape index (κ2) is 9.39. The summed E-state index contributed by atoms with van der Waals surface area (Å²) in [4.78, 5) is 22.7. The molecule has 0 aliphatic rings. The predicted molar refractivity (Wildman–Crippen MR) is 81.2 cm³/mol. The van der Waals surface area contributed by atoms with Gasteiger partial charge in [-0.1, -0.05) is 6.58 Å². The summed E-state index contributed by atoms with van der Waals surface area (Å²) in [6.07, 6.45) is 0.400. The van der Waals surface area contributed by atoms with Crippen LogP contribution in [0.4, 0.5) is 4.79 Å². The standard InChI is InChI=1S/C15H27NO5/c1-11(2)13(17)20-10-8-16-14(18)21-15(5,6)7-9-19-12(3)4/h12H,1,7-10H2,2-6H3,(H,16,18)/p+1. The normalized spacial score (nSPS) is 11.1. The van der Waals surface area contributed by atoms with E-state index in [0.717, 1.165) is 0 Å². The van der Waals surface area contributed by atoms with Gasteiger partial charge < -0.3 is 19.5 Å². The zero-order valence-electron chi connectivity index (χ0n) is 13.7. The van der Waals surface area contributed by atoms with Gasteiger partial charge in [0.25, 0.3) is 0 Å². The minimum Gasteiger partial charge on any atom is -0.460 e. The topological polar surface area (TPSA) is 77.4 Å². The summed E-state index contributed by atoms with van der Waals surface area (Å²) in [5.74, 6) is -0.471. The molecule has 0 fully saturated rings. The minimum absolute atomic E-state index is 0.0872. The lowest BCUT2D eigenvalue weighted by Gasteiger charge is -2.24. The first-order chi connectivity index (χ1) is 9.64. The number of hydrogen-bond acceptors (Lipinski definition) is 4. The van der Waals surface area contributed by atoms with Crippen LogP contribution in [0.3, 0.4) is 0 Å². The van der Waals surface area contributed by atoms with Crippen LogP contribution in [0.15, 0.2) is 12.2 Å². The number of carbonyl (C=O) groups is 2. The highest BCUT2D eigenvalue weighted by atomic mass is 16.6. The molecule has 0 atom stereocenters. The molecule has 0 aromatic heterocycles. The van der Waals surface area contributed by atoms with Crippen LogP contribution in [0.25, 0.3) is 0 Å². The van der Waals surface area contributed by atoms with E-state index in [9.17, 15) is 9.59 Å². The van der Waals surface area contributed by atoms with Gasteiger partial charge in [-0.2, -0.15) is 0 Å². The molecule has 0 aromatic carbocycles. The van der Waals surface area contributed by atoms with E-state index in [1.165, 1.54) is 0 Å². The number of aliphatic hydroxyl groups is 2. The number of carbonyl (C=O) groups excluding carboxylic acids is 2. The van der Waals surface area contributed by atoms with Gasteiger partial charge in [0.15, 0.2) is 0 Å². The van der Waals surface area contributed by atoms with E-state index < -0.39 is 17.7 Å². The Bertz CT molecular complexity index is 363. The molecule has 0 aliphatic heterocycles. The average Bonchev–Trinajstić information content (AvgIpc) is 2.32. The van der Waals surface area contributed by atoms with Gasteiger partial charge in [-0.3, -0.25) is 0 Å². The molecule has 0 unspecified atom stereocenters. The molecular weight excluding hydrogens is 274 g/mol. The fraction of sp³-hybridized carbons (Fsp3) is 0.733. The summed E-state index contributed by atoms with van der Waals surface area (Å²) >= 11 is 0. The molecule has 0 rings (SSSR count). The molecule has 6 heteroatoms. The van der Waals surface area contributed by atoms with Gasteiger partial charge in [0.1, 0.15) is 24.9 Å². The number of ether oxygens (including phenoxy) is 3. The summed E-state index contributed by atoms with van der Waals surface area (Å²) in [5.41, 5.74) is -0.260. The van der Waals surface area contributed by atoms with Crippen molar-refractivity contribution >= 4 is 12.1 Å². The van der Waals surface area contributed by atoms with Gasteiger partial charge in [0.05, 0.1) is 13.0 Å². The molecular formula is C15H28NO5+. The van der Waals surface area contributed by atoms with Crippen molar-refractivity contribution in [2.75, 3.05) is 19.8 Å². The fourth-order valence-electron chi connectivity index (χ4n) is 1.35. The SMILES string of the molecule is C=C(C)C(=O)OCCNC(=O)OC(C)(C)CC[OH+]C(C)C. The second-order valence-corrected chi connectivity index (χ2v) is 5.74. The van der Waals surface area contributed by atoms with E-state index in [4.69, 9.17) is 9.47 Å². The lowest BCUT2D eigenvalue weighted by molar-refractivity contribution is -0.138. The maximum absolute atomic E-state index is 11.6. The van der Waals surface area contributed by atoms with Crippen molar-refractivity contribution < 1.29 is 23.8 Å². The van der Waals surface area contributed by atoms with Gasteiger partial charge in [0, 0.05) is 19.4 Å². The highest BCUT2D eigenvalue weighted by Crippen LogP contribution is 2.14. The van der Waals surface area contributed by atoms with Gasteiger partial charge in [-0.05, 0) is 20.8 Å². The fourth-order valence-corrected chi connectivity index (χ4v) is 1.35. The van der Waals surface area contributed by atoms with Crippen LogP contribution in [0.1, 0.15) is 41.0 Å². The van der Waals surface area contributed by atoms with E-state index in [-0.39, 0.29) is 19.3 Å². The van der Waals surface area contributed by atoms with Crippen LogP contribution < -0.4 is 5.32 Å². The molecule has 0 radical (unpaired) electrons. The third-order valence-corrected chi connectivity index (χ3v) is 2.53. The first kappa shape index (κ1) is 19.4. The lowest BCUT2D eigenvalue weighted by atomic mass is 10.1. The summed E-state index contributed by atoms with van der Waals surface area (Å²) in [7, 11) is 0. The third kappa shape index (κ3) is 10.8. The second-order valence-electron chi connectivity index (χ2n) is 5.74. The molecule has 0 aromatic rings. The van der Waals surface area contributed by atoms with Crippen molar-refractivity contribution in [3.8, 4) is 0 Å². The van der Waals surface area contributed by atoms with E-state index >= 15 is 0 Å². The van der Waals surface area contributed by atoms with Gasteiger partial charge in [-0.25, -0.2) is 9.59 Å². The largest absolute Gasteiger partial charge is 0.460 e. The van der Waals surface area contributed by atoms with Crippen molar-refractivity contribution in [3.63, 3.8) is 0 Å². The quantitative estimate of drug-likeness (QED) is 0.305. The molecule has 122 valence electrons. The monoisotopic (exact) mass is 302 g/mol. The Morgan fingerprint density at radius 1 is 1.33 bits per heavy atom. The summed E-state index contributed by atoms with van der Waals surface area (Å²) in [5, 5.41) is 2.53. The van der Waals surface area contributed by atoms with Gasteiger partial charge in [-0.15, -0.1) is 0 Å². The Kier molecular flexibility index (Phi) is 8.69. The number of rotatable bonds is 9. The first-order valence-corrected chi connectivity index (χ1v) is 7.10. The molecule has 0 saturated carbocycles. The van der Waals surface area contributed by atoms with Crippen LogP contribution in [0.5, 0.6) is 0 Å². The van der Waals surface area contributed by atoms with E-state index in [0.29, 0.717) is 18.6 Å². The maximum atomic E-state index is 11.6. The molecule has 6 nitrogen and oxygen atoms in total. The minimum atomic E-state index is -0.586. The van der Waals surface area contributed by atoms with Crippen molar-refractivity contribution in [2.24, 2.45) is 0 Å². The molecule has 0 aliphatic carbocycles. The first-order valence-electron chi connectivity index (χ1n) is 7.10. The Hall–Kier alpha value is -1.56. The van der Waals surface area contributed by atoms with Gasteiger partial charge >= 0.3 is 12.1 Å². The van der Waals surface area contributed by atoms with E-state index in [1.54, 1.807) is 6.92 Å². The number of amides is 1. The van der Waals surface area contributed by atoms with Crippen molar-refractivity contribution in [2.45, 2.75) is 52.7 Å². The molecule has 2 N–H and O–H groups in total. The summed E-state index contributed by atoms with van der Waals surface area (Å²) in [6.45, 7) is 13.6. The number of hydrogen-bond donors (Lipinski definition) is 1. The Balaban J connectivity index is 3.86. The molecule has 0 spiro atoms. The zero-order chi connectivity index (χ0) is 16.5. The number of alkyl carbamates (subject to hydrolysis) is 1. The molecule has 21 heavy (non-hydrogen) atoms. The van der Waals surface area contributed by atoms with Crippen LogP contribution in [-0.4, -0.2) is 48.3 Å². The maximum Gasteiger partial charge on any atom is 0.407 e. The van der Waals surface area contributed by atoms with Crippen molar-refractivity contribution in [1.82, 2.24) is 5.32 Å².